The van der Waals surface area contributed by atoms with Gasteiger partial charge in [-0.2, -0.15) is 0 Å². The number of pyridine rings is 1. The van der Waals surface area contributed by atoms with Gasteiger partial charge in [-0.15, -0.1) is 0 Å². The van der Waals surface area contributed by atoms with E-state index in [-0.39, 0.29) is 40.5 Å². The molecule has 2 unspecified atom stereocenters. The fourth-order valence-corrected chi connectivity index (χ4v) is 4.85. The lowest BCUT2D eigenvalue weighted by Gasteiger charge is -2.27. The maximum Gasteiger partial charge on any atom is 0.276 e. The van der Waals surface area contributed by atoms with Crippen LogP contribution in [0.4, 0.5) is 17.1 Å². The van der Waals surface area contributed by atoms with E-state index >= 15 is 0 Å². The summed E-state index contributed by atoms with van der Waals surface area (Å²) >= 11 is 0. The van der Waals surface area contributed by atoms with Crippen molar-refractivity contribution in [3.05, 3.63) is 74.3 Å². The number of nitrogens with one attached hydrogen (secondary N) is 2. The lowest BCUT2D eigenvalue weighted by Crippen LogP contribution is -2.37. The van der Waals surface area contributed by atoms with E-state index in [2.05, 4.69) is 15.6 Å². The molecule has 170 valence electrons. The summed E-state index contributed by atoms with van der Waals surface area (Å²) in [5.41, 5.74) is 0.0937. The summed E-state index contributed by atoms with van der Waals surface area (Å²) in [6, 6.07) is 11.0. The first-order valence-electron chi connectivity index (χ1n) is 11.4. The van der Waals surface area contributed by atoms with E-state index in [1.54, 1.807) is 4.90 Å². The number of carbonyl (C=O) groups excluding carboxylic acids is 1. The van der Waals surface area contributed by atoms with Crippen LogP contribution in [0.3, 0.4) is 0 Å². The minimum atomic E-state index is -0.666. The van der Waals surface area contributed by atoms with Crippen LogP contribution in [0.15, 0.2) is 52.2 Å². The van der Waals surface area contributed by atoms with Crippen molar-refractivity contribution in [3.8, 4) is 5.75 Å². The Bertz CT molecular complexity index is 1250. The Kier molecular flexibility index (Phi) is 5.36. The molecule has 1 amide bonds. The zero-order valence-corrected chi connectivity index (χ0v) is 18.4. The molecule has 3 atom stereocenters. The van der Waals surface area contributed by atoms with E-state index in [1.807, 2.05) is 37.3 Å². The lowest BCUT2D eigenvalue weighted by atomic mass is 9.77. The Hall–Kier alpha value is -3.68. The van der Waals surface area contributed by atoms with Crippen molar-refractivity contribution in [2.24, 2.45) is 11.8 Å². The van der Waals surface area contributed by atoms with Gasteiger partial charge >= 0.3 is 0 Å². The van der Waals surface area contributed by atoms with E-state index in [0.717, 1.165) is 18.4 Å². The molecule has 1 aliphatic carbocycles. The summed E-state index contributed by atoms with van der Waals surface area (Å²) < 4.78 is 0. The molecule has 0 spiro atoms. The Labute approximate surface area is 191 Å². The van der Waals surface area contributed by atoms with E-state index < -0.39 is 10.9 Å². The van der Waals surface area contributed by atoms with Crippen LogP contribution in [0.1, 0.15) is 48.3 Å². The summed E-state index contributed by atoms with van der Waals surface area (Å²) in [7, 11) is 0. The predicted molar refractivity (Wildman–Crippen MR) is 126 cm³/mol. The first-order chi connectivity index (χ1) is 16.0. The van der Waals surface area contributed by atoms with Gasteiger partial charge in [-0.3, -0.25) is 14.4 Å². The Balaban J connectivity index is 1.38. The number of nitrogens with zero attached hydrogens (tertiary/aromatic N) is 2. The van der Waals surface area contributed by atoms with E-state index in [0.29, 0.717) is 31.3 Å². The van der Waals surface area contributed by atoms with Gasteiger partial charge in [0.25, 0.3) is 16.8 Å². The average Bonchev–Trinajstić information content (AvgIpc) is 3.13. The lowest BCUT2D eigenvalue weighted by molar-refractivity contribution is 0.0778. The van der Waals surface area contributed by atoms with Crippen molar-refractivity contribution < 1.29 is 9.90 Å². The van der Waals surface area contributed by atoms with E-state index in [9.17, 15) is 19.5 Å². The van der Waals surface area contributed by atoms with Gasteiger partial charge in [0, 0.05) is 19.3 Å². The second-order valence-electron chi connectivity index (χ2n) is 8.91. The molecule has 3 N–H and O–H groups in total. The molecule has 2 aromatic carbocycles. The third kappa shape index (κ3) is 3.65. The van der Waals surface area contributed by atoms with Crippen LogP contribution in [0.5, 0.6) is 5.75 Å². The Morgan fingerprint density at radius 2 is 1.76 bits per heavy atom. The summed E-state index contributed by atoms with van der Waals surface area (Å²) in [6.45, 7) is 3.36. The molecule has 1 saturated carbocycles. The standard InChI is InChI=1S/C25H26N4O4/c1-2-17(14-6-4-3-5-7-14)27-19-20(24(32)23(19)31)28-18-10-11-26-21(22(18)30)25(33)29-12-15-8-9-16(15)13-29/h3-7,10-11,15-17,27,30H,2,8-9,12-13H2,1H3,(H,26,28)/t15?,16?,17-/m1/s1. The zero-order valence-electron chi connectivity index (χ0n) is 18.4. The van der Waals surface area contributed by atoms with Crippen LogP contribution in [0, 0.1) is 11.8 Å². The van der Waals surface area contributed by atoms with Gasteiger partial charge in [0.15, 0.2) is 11.4 Å². The largest absolute Gasteiger partial charge is 0.504 e. The molecule has 2 aliphatic rings. The molecule has 2 fully saturated rings. The molecule has 33 heavy (non-hydrogen) atoms. The fraction of sp³-hybridized carbons (Fsp3) is 0.360. The molecule has 8 nitrogen and oxygen atoms in total. The number of aromatic hydroxyl groups is 1. The molecule has 1 aliphatic heterocycles. The van der Waals surface area contributed by atoms with Gasteiger partial charge in [-0.25, -0.2) is 4.98 Å². The van der Waals surface area contributed by atoms with Gasteiger partial charge < -0.3 is 20.6 Å². The molecule has 1 saturated heterocycles. The SMILES string of the molecule is CC[C@@H](Nc1c(Nc2ccnc(C(=O)N3CC4CCC4C3)c2O)c(=O)c1=O)c1ccccc1. The number of amides is 1. The maximum absolute atomic E-state index is 13.0. The Morgan fingerprint density at radius 1 is 1.09 bits per heavy atom. The van der Waals surface area contributed by atoms with Crippen LogP contribution in [0.2, 0.25) is 0 Å². The van der Waals surface area contributed by atoms with E-state index in [1.165, 1.54) is 12.3 Å². The van der Waals surface area contributed by atoms with Gasteiger partial charge in [0.1, 0.15) is 11.4 Å². The number of hydrogen-bond acceptors (Lipinski definition) is 7. The van der Waals surface area contributed by atoms with Gasteiger partial charge in [0.2, 0.25) is 0 Å². The quantitative estimate of drug-likeness (QED) is 0.478. The number of aromatic nitrogens is 1. The maximum atomic E-state index is 13.0. The highest BCUT2D eigenvalue weighted by atomic mass is 16.3. The van der Waals surface area contributed by atoms with Gasteiger partial charge in [-0.1, -0.05) is 37.3 Å². The number of hydrogen-bond donors (Lipinski definition) is 3. The smallest absolute Gasteiger partial charge is 0.276 e. The molecule has 2 heterocycles. The minimum absolute atomic E-state index is 0.0507. The van der Waals surface area contributed by atoms with Crippen molar-refractivity contribution in [1.29, 1.82) is 0 Å². The van der Waals surface area contributed by atoms with Crippen molar-refractivity contribution in [2.45, 2.75) is 32.2 Å². The number of rotatable bonds is 7. The topological polar surface area (TPSA) is 112 Å². The molecule has 0 radical (unpaired) electrons. The molecular formula is C25H26N4O4. The third-order valence-electron chi connectivity index (χ3n) is 7.00. The van der Waals surface area contributed by atoms with Crippen LogP contribution < -0.4 is 21.5 Å². The van der Waals surface area contributed by atoms with Crippen LogP contribution in [0.25, 0.3) is 0 Å². The first-order valence-corrected chi connectivity index (χ1v) is 11.4. The first kappa shape index (κ1) is 21.2. The zero-order chi connectivity index (χ0) is 23.1. The van der Waals surface area contributed by atoms with Crippen LogP contribution in [-0.2, 0) is 0 Å². The number of likely N-dealkylation sites (tertiary alicyclic amines) is 1. The van der Waals surface area contributed by atoms with Crippen LogP contribution in [-0.4, -0.2) is 34.0 Å². The third-order valence-corrected chi connectivity index (χ3v) is 7.00. The normalized spacial score (nSPS) is 20.2. The fourth-order valence-electron chi connectivity index (χ4n) is 4.85. The number of carbonyl (C=O) groups is 1. The summed E-state index contributed by atoms with van der Waals surface area (Å²) in [5.74, 6) is 0.455. The van der Waals surface area contributed by atoms with Crippen molar-refractivity contribution in [3.63, 3.8) is 0 Å². The summed E-state index contributed by atoms with van der Waals surface area (Å²) in [4.78, 5) is 43.4. The minimum Gasteiger partial charge on any atom is -0.504 e. The van der Waals surface area contributed by atoms with Crippen LogP contribution >= 0.6 is 0 Å². The number of benzene rings is 1. The molecule has 5 rings (SSSR count). The Morgan fingerprint density at radius 3 is 2.39 bits per heavy atom. The van der Waals surface area contributed by atoms with Crippen molar-refractivity contribution in [1.82, 2.24) is 9.88 Å². The molecular weight excluding hydrogens is 420 g/mol. The summed E-state index contributed by atoms with van der Waals surface area (Å²) in [5, 5.41) is 16.8. The highest BCUT2D eigenvalue weighted by molar-refractivity contribution is 5.97. The average molecular weight is 447 g/mol. The highest BCUT2D eigenvalue weighted by Crippen LogP contribution is 2.41. The summed E-state index contributed by atoms with van der Waals surface area (Å²) in [6.07, 6.45) is 4.39. The number of fused-ring (bicyclic) bond motifs is 1. The monoisotopic (exact) mass is 446 g/mol. The molecule has 1 aromatic heterocycles. The molecule has 3 aromatic rings. The van der Waals surface area contributed by atoms with Gasteiger partial charge in [-0.05, 0) is 42.7 Å². The second kappa shape index (κ2) is 8.35. The predicted octanol–water partition coefficient (Wildman–Crippen LogP) is 3.17. The van der Waals surface area contributed by atoms with Gasteiger partial charge in [0.05, 0.1) is 11.7 Å². The number of anilines is 3. The second-order valence-corrected chi connectivity index (χ2v) is 8.91. The highest BCUT2D eigenvalue weighted by Gasteiger charge is 2.42. The van der Waals surface area contributed by atoms with Crippen molar-refractivity contribution >= 4 is 23.0 Å². The van der Waals surface area contributed by atoms with E-state index in [4.69, 9.17) is 0 Å². The van der Waals surface area contributed by atoms with Crippen molar-refractivity contribution in [2.75, 3.05) is 23.7 Å². The molecule has 0 bridgehead atoms. The molecule has 8 heteroatoms.